The highest BCUT2D eigenvalue weighted by Crippen LogP contribution is 2.36. The second kappa shape index (κ2) is 10.6. The van der Waals surface area contributed by atoms with E-state index in [0.717, 1.165) is 5.56 Å². The number of hydrogen-bond donors (Lipinski definition) is 0. The number of thiazole rings is 1. The van der Waals surface area contributed by atoms with E-state index in [2.05, 4.69) is 18.8 Å². The first-order chi connectivity index (χ1) is 17.6. The van der Waals surface area contributed by atoms with E-state index in [1.165, 1.54) is 42.6 Å². The van der Waals surface area contributed by atoms with Crippen molar-refractivity contribution in [1.29, 1.82) is 0 Å². The third kappa shape index (κ3) is 5.13. The number of hydrogen-bond acceptors (Lipinski definition) is 8. The summed E-state index contributed by atoms with van der Waals surface area (Å²) in [5.41, 5.74) is 3.10. The average Bonchev–Trinajstić information content (AvgIpc) is 3.17. The van der Waals surface area contributed by atoms with E-state index >= 15 is 0 Å². The highest BCUT2D eigenvalue weighted by molar-refractivity contribution is 7.07. The van der Waals surface area contributed by atoms with Gasteiger partial charge < -0.3 is 14.2 Å². The number of aromatic nitrogens is 1. The topological polar surface area (TPSA) is 96.2 Å². The molecule has 0 fully saturated rings. The van der Waals surface area contributed by atoms with Gasteiger partial charge in [0.1, 0.15) is 0 Å². The maximum absolute atomic E-state index is 13.7. The van der Waals surface area contributed by atoms with Crippen molar-refractivity contribution in [3.05, 3.63) is 90.1 Å². The Bertz CT molecular complexity index is 1580. The maximum atomic E-state index is 13.7. The van der Waals surface area contributed by atoms with Crippen molar-refractivity contribution in [2.75, 3.05) is 14.2 Å². The van der Waals surface area contributed by atoms with Crippen molar-refractivity contribution in [2.24, 2.45) is 4.99 Å². The number of fused-ring (bicyclic) bond motifs is 1. The smallest absolute Gasteiger partial charge is 0.338 e. The van der Waals surface area contributed by atoms with Crippen LogP contribution in [0.25, 0.3) is 6.08 Å². The minimum Gasteiger partial charge on any atom is -0.493 e. The number of carbonyl (C=O) groups is 2. The van der Waals surface area contributed by atoms with E-state index in [1.807, 2.05) is 30.3 Å². The van der Waals surface area contributed by atoms with Crippen molar-refractivity contribution in [3.63, 3.8) is 0 Å². The molecule has 2 heterocycles. The Balaban J connectivity index is 1.91. The van der Waals surface area contributed by atoms with Gasteiger partial charge in [-0.3, -0.25) is 14.2 Å². The van der Waals surface area contributed by atoms with Gasteiger partial charge >= 0.3 is 11.9 Å². The lowest BCUT2D eigenvalue weighted by atomic mass is 9.95. The fourth-order valence-electron chi connectivity index (χ4n) is 4.23. The van der Waals surface area contributed by atoms with Crippen molar-refractivity contribution in [2.45, 2.75) is 39.7 Å². The van der Waals surface area contributed by atoms with E-state index in [4.69, 9.17) is 14.2 Å². The van der Waals surface area contributed by atoms with E-state index < -0.39 is 18.0 Å². The number of methoxy groups -OCH3 is 2. The molecule has 0 amide bonds. The fourth-order valence-corrected chi connectivity index (χ4v) is 5.28. The summed E-state index contributed by atoms with van der Waals surface area (Å²) in [4.78, 5) is 43.1. The number of esters is 2. The standard InChI is InChI=1S/C28H28N2O6S/c1-15(2)19-9-7-18(8-10-19)13-23-26(32)30-25(24(27(33)35-6)16(3)29-28(30)37-23)20-11-12-21(36-17(4)31)22(14-20)34-5/h7-15,25H,1-6H3. The predicted octanol–water partition coefficient (Wildman–Crippen LogP) is 3.47. The van der Waals surface area contributed by atoms with Gasteiger partial charge in [-0.25, -0.2) is 9.79 Å². The zero-order valence-corrected chi connectivity index (χ0v) is 22.3. The predicted molar refractivity (Wildman–Crippen MR) is 141 cm³/mol. The molecule has 1 aliphatic rings. The maximum Gasteiger partial charge on any atom is 0.338 e. The molecular weight excluding hydrogens is 492 g/mol. The molecule has 37 heavy (non-hydrogen) atoms. The van der Waals surface area contributed by atoms with Crippen LogP contribution in [0.4, 0.5) is 0 Å². The lowest BCUT2D eigenvalue weighted by Crippen LogP contribution is -2.39. The molecule has 0 spiro atoms. The minimum absolute atomic E-state index is 0.233. The Morgan fingerprint density at radius 3 is 2.38 bits per heavy atom. The van der Waals surface area contributed by atoms with Crippen LogP contribution in [-0.4, -0.2) is 30.7 Å². The summed E-state index contributed by atoms with van der Waals surface area (Å²) in [7, 11) is 2.74. The quantitative estimate of drug-likeness (QED) is 0.365. The first-order valence-electron chi connectivity index (χ1n) is 11.7. The molecule has 4 rings (SSSR count). The van der Waals surface area contributed by atoms with Crippen LogP contribution >= 0.6 is 11.3 Å². The molecule has 0 saturated heterocycles. The largest absolute Gasteiger partial charge is 0.493 e. The van der Waals surface area contributed by atoms with Gasteiger partial charge in [0.25, 0.3) is 5.56 Å². The third-order valence-corrected chi connectivity index (χ3v) is 7.07. The first kappa shape index (κ1) is 26.1. The Kier molecular flexibility index (Phi) is 7.45. The number of rotatable bonds is 6. The number of benzene rings is 2. The first-order valence-corrected chi connectivity index (χ1v) is 12.5. The van der Waals surface area contributed by atoms with Crippen LogP contribution in [0.3, 0.4) is 0 Å². The molecule has 0 radical (unpaired) electrons. The van der Waals surface area contributed by atoms with Crippen LogP contribution in [0, 0.1) is 0 Å². The van der Waals surface area contributed by atoms with Gasteiger partial charge in [0.15, 0.2) is 16.3 Å². The molecule has 1 aromatic heterocycles. The van der Waals surface area contributed by atoms with Crippen LogP contribution in [0.15, 0.2) is 63.5 Å². The second-order valence-electron chi connectivity index (χ2n) is 8.90. The molecule has 8 nitrogen and oxygen atoms in total. The van der Waals surface area contributed by atoms with Crippen molar-refractivity contribution < 1.29 is 23.8 Å². The third-order valence-electron chi connectivity index (χ3n) is 6.08. The Morgan fingerprint density at radius 1 is 1.08 bits per heavy atom. The van der Waals surface area contributed by atoms with Crippen molar-refractivity contribution >= 4 is 29.4 Å². The highest BCUT2D eigenvalue weighted by atomic mass is 32.1. The van der Waals surface area contributed by atoms with Crippen LogP contribution < -0.4 is 24.4 Å². The van der Waals surface area contributed by atoms with Gasteiger partial charge in [0, 0.05) is 6.92 Å². The van der Waals surface area contributed by atoms with Crippen molar-refractivity contribution in [3.8, 4) is 11.5 Å². The highest BCUT2D eigenvalue weighted by Gasteiger charge is 2.33. The SMILES string of the molecule is COC(=O)C1=C(C)N=c2sc(=Cc3ccc(C(C)C)cc3)c(=O)n2C1c1ccc(OC(C)=O)c(OC)c1. The summed E-state index contributed by atoms with van der Waals surface area (Å²) in [5, 5.41) is 0. The summed E-state index contributed by atoms with van der Waals surface area (Å²) in [6, 6.07) is 12.2. The number of nitrogens with zero attached hydrogens (tertiary/aromatic N) is 2. The van der Waals surface area contributed by atoms with E-state index in [9.17, 15) is 14.4 Å². The monoisotopic (exact) mass is 520 g/mol. The van der Waals surface area contributed by atoms with Crippen molar-refractivity contribution in [1.82, 2.24) is 4.57 Å². The van der Waals surface area contributed by atoms with Gasteiger partial charge in [0.05, 0.1) is 36.1 Å². The molecule has 0 aliphatic carbocycles. The van der Waals surface area contributed by atoms with Crippen LogP contribution in [0.5, 0.6) is 11.5 Å². The van der Waals surface area contributed by atoms with Gasteiger partial charge in [-0.2, -0.15) is 0 Å². The van der Waals surface area contributed by atoms with E-state index in [-0.39, 0.29) is 16.9 Å². The molecule has 3 aromatic rings. The summed E-state index contributed by atoms with van der Waals surface area (Å²) in [5.74, 6) is -0.155. The Labute approximate surface area is 218 Å². The van der Waals surface area contributed by atoms with Gasteiger partial charge in [-0.15, -0.1) is 0 Å². The summed E-state index contributed by atoms with van der Waals surface area (Å²) in [6.45, 7) is 7.26. The fraction of sp³-hybridized carbons (Fsp3) is 0.286. The van der Waals surface area contributed by atoms with Crippen LogP contribution in [0.2, 0.25) is 0 Å². The molecule has 0 N–H and O–H groups in total. The summed E-state index contributed by atoms with van der Waals surface area (Å²) in [6.07, 6.45) is 1.83. The lowest BCUT2D eigenvalue weighted by molar-refractivity contribution is -0.136. The van der Waals surface area contributed by atoms with E-state index in [1.54, 1.807) is 25.1 Å². The molecule has 1 aliphatic heterocycles. The molecular formula is C28H28N2O6S. The molecule has 2 aromatic carbocycles. The zero-order valence-electron chi connectivity index (χ0n) is 21.5. The van der Waals surface area contributed by atoms with Crippen LogP contribution in [0.1, 0.15) is 56.3 Å². The Morgan fingerprint density at radius 2 is 1.78 bits per heavy atom. The minimum atomic E-state index is -0.811. The van der Waals surface area contributed by atoms with Gasteiger partial charge in [-0.1, -0.05) is 55.5 Å². The second-order valence-corrected chi connectivity index (χ2v) is 9.91. The zero-order chi connectivity index (χ0) is 26.9. The molecule has 1 atom stereocenters. The summed E-state index contributed by atoms with van der Waals surface area (Å²) < 4.78 is 17.7. The number of allylic oxidation sites excluding steroid dienone is 1. The number of carbonyl (C=O) groups excluding carboxylic acids is 2. The van der Waals surface area contributed by atoms with Gasteiger partial charge in [-0.05, 0) is 47.7 Å². The van der Waals surface area contributed by atoms with Crippen LogP contribution in [-0.2, 0) is 14.3 Å². The molecule has 9 heteroatoms. The summed E-state index contributed by atoms with van der Waals surface area (Å²) >= 11 is 1.25. The normalized spacial score (nSPS) is 15.3. The molecule has 192 valence electrons. The number of ether oxygens (including phenoxy) is 3. The molecule has 0 saturated carbocycles. The Hall–Kier alpha value is -3.98. The molecule has 1 unspecified atom stereocenters. The lowest BCUT2D eigenvalue weighted by Gasteiger charge is -2.25. The van der Waals surface area contributed by atoms with Gasteiger partial charge in [0.2, 0.25) is 0 Å². The molecule has 0 bridgehead atoms. The van der Waals surface area contributed by atoms with E-state index in [0.29, 0.717) is 32.3 Å². The average molecular weight is 521 g/mol.